The van der Waals surface area contributed by atoms with Crippen molar-refractivity contribution in [2.24, 2.45) is 11.7 Å². The van der Waals surface area contributed by atoms with Gasteiger partial charge in [-0.3, -0.25) is 4.79 Å². The molecule has 0 radical (unpaired) electrons. The second kappa shape index (κ2) is 6.00. The van der Waals surface area contributed by atoms with E-state index in [1.807, 2.05) is 0 Å². The fourth-order valence-electron chi connectivity index (χ4n) is 1.44. The summed E-state index contributed by atoms with van der Waals surface area (Å²) in [5.41, 5.74) is 5.62. The third-order valence-electron chi connectivity index (χ3n) is 1.92. The third-order valence-corrected chi connectivity index (χ3v) is 1.92. The van der Waals surface area contributed by atoms with E-state index in [-0.39, 0.29) is 12.5 Å². The van der Waals surface area contributed by atoms with Crippen LogP contribution in [0.15, 0.2) is 0 Å². The van der Waals surface area contributed by atoms with E-state index in [1.165, 1.54) is 0 Å². The fourth-order valence-corrected chi connectivity index (χ4v) is 1.44. The van der Waals surface area contributed by atoms with Gasteiger partial charge in [-0.25, -0.2) is 0 Å². The quantitative estimate of drug-likeness (QED) is 0.641. The molecule has 72 valence electrons. The first kappa shape index (κ1) is 11.4. The molecule has 3 nitrogen and oxygen atoms in total. The molecule has 0 amide bonds. The highest BCUT2D eigenvalue weighted by molar-refractivity contribution is 5.67. The lowest BCUT2D eigenvalue weighted by Crippen LogP contribution is -2.25. The summed E-state index contributed by atoms with van der Waals surface area (Å²) in [6.45, 7) is 4.24. The summed E-state index contributed by atoms with van der Waals surface area (Å²) < 4.78 is 0. The topological polar surface area (TPSA) is 63.3 Å². The Morgan fingerprint density at radius 3 is 2.58 bits per heavy atom. The lowest BCUT2D eigenvalue weighted by Gasteiger charge is -2.14. The smallest absolute Gasteiger partial charge is 0.304 e. The Hall–Kier alpha value is -0.570. The van der Waals surface area contributed by atoms with Crippen LogP contribution < -0.4 is 5.73 Å². The highest BCUT2D eigenvalue weighted by atomic mass is 16.4. The number of carbonyl (C=O) groups is 1. The molecule has 0 aromatic heterocycles. The van der Waals surface area contributed by atoms with Crippen LogP contribution in [-0.4, -0.2) is 17.1 Å². The summed E-state index contributed by atoms with van der Waals surface area (Å²) in [4.78, 5) is 10.3. The Kier molecular flexibility index (Phi) is 5.72. The van der Waals surface area contributed by atoms with E-state index in [2.05, 4.69) is 13.8 Å². The Morgan fingerprint density at radius 1 is 1.58 bits per heavy atom. The number of rotatable bonds is 6. The van der Waals surface area contributed by atoms with Gasteiger partial charge in [0.1, 0.15) is 0 Å². The average Bonchev–Trinajstić information content (AvgIpc) is 1.84. The molecule has 0 bridgehead atoms. The van der Waals surface area contributed by atoms with Crippen molar-refractivity contribution in [1.29, 1.82) is 0 Å². The van der Waals surface area contributed by atoms with Gasteiger partial charge in [0.15, 0.2) is 0 Å². The van der Waals surface area contributed by atoms with E-state index in [0.717, 1.165) is 19.3 Å². The van der Waals surface area contributed by atoms with Crippen LogP contribution in [0.25, 0.3) is 0 Å². The van der Waals surface area contributed by atoms with Crippen LogP contribution in [0.4, 0.5) is 0 Å². The van der Waals surface area contributed by atoms with Crippen LogP contribution in [0.5, 0.6) is 0 Å². The maximum atomic E-state index is 10.3. The van der Waals surface area contributed by atoms with Gasteiger partial charge in [0.25, 0.3) is 0 Å². The minimum absolute atomic E-state index is 0.0913. The van der Waals surface area contributed by atoms with Crippen LogP contribution in [0.1, 0.15) is 39.5 Å². The van der Waals surface area contributed by atoms with Gasteiger partial charge in [0.05, 0.1) is 6.42 Å². The van der Waals surface area contributed by atoms with E-state index in [4.69, 9.17) is 10.8 Å². The Morgan fingerprint density at radius 2 is 2.17 bits per heavy atom. The first-order valence-electron chi connectivity index (χ1n) is 4.53. The minimum atomic E-state index is -0.800. The second-order valence-electron chi connectivity index (χ2n) is 3.49. The zero-order valence-corrected chi connectivity index (χ0v) is 7.92. The number of nitrogens with two attached hydrogens (primary N) is 1. The molecule has 0 saturated heterocycles. The van der Waals surface area contributed by atoms with Crippen molar-refractivity contribution in [2.75, 3.05) is 0 Å². The van der Waals surface area contributed by atoms with Gasteiger partial charge < -0.3 is 10.8 Å². The van der Waals surface area contributed by atoms with Crippen LogP contribution in [-0.2, 0) is 4.79 Å². The van der Waals surface area contributed by atoms with Crippen molar-refractivity contribution >= 4 is 5.97 Å². The standard InChI is InChI=1S/C9H19NO2/c1-3-4-7(2)5-8(10)6-9(11)12/h7-8H,3-6,10H2,1-2H3,(H,11,12)/t7-,8-/m1/s1. The zero-order chi connectivity index (χ0) is 9.56. The summed E-state index contributed by atoms with van der Waals surface area (Å²) in [5.74, 6) is -0.254. The predicted molar refractivity (Wildman–Crippen MR) is 48.9 cm³/mol. The van der Waals surface area contributed by atoms with Gasteiger partial charge in [-0.15, -0.1) is 0 Å². The summed E-state index contributed by atoms with van der Waals surface area (Å²) in [6, 6.07) is -0.177. The first-order valence-corrected chi connectivity index (χ1v) is 4.53. The van der Waals surface area contributed by atoms with E-state index in [0.29, 0.717) is 5.92 Å². The number of hydrogen-bond donors (Lipinski definition) is 2. The van der Waals surface area contributed by atoms with Crippen molar-refractivity contribution < 1.29 is 9.90 Å². The largest absolute Gasteiger partial charge is 0.481 e. The van der Waals surface area contributed by atoms with Crippen molar-refractivity contribution in [3.05, 3.63) is 0 Å². The van der Waals surface area contributed by atoms with E-state index in [1.54, 1.807) is 0 Å². The second-order valence-corrected chi connectivity index (χ2v) is 3.49. The van der Waals surface area contributed by atoms with Gasteiger partial charge >= 0.3 is 5.97 Å². The molecular weight excluding hydrogens is 154 g/mol. The SMILES string of the molecule is CCC[C@@H](C)C[C@@H](N)CC(=O)O. The molecule has 0 saturated carbocycles. The third kappa shape index (κ3) is 6.16. The predicted octanol–water partition coefficient (Wildman–Crippen LogP) is 1.61. The maximum Gasteiger partial charge on any atom is 0.304 e. The molecule has 3 heteroatoms. The fraction of sp³-hybridized carbons (Fsp3) is 0.889. The molecule has 0 aromatic carbocycles. The normalized spacial score (nSPS) is 15.6. The van der Waals surface area contributed by atoms with E-state index < -0.39 is 5.97 Å². The zero-order valence-electron chi connectivity index (χ0n) is 7.92. The van der Waals surface area contributed by atoms with Crippen LogP contribution in [0.3, 0.4) is 0 Å². The molecule has 0 rings (SSSR count). The molecular formula is C9H19NO2. The number of carboxylic acid groups (broad SMARTS) is 1. The Labute approximate surface area is 74.0 Å². The summed E-state index contributed by atoms with van der Waals surface area (Å²) in [5, 5.41) is 8.45. The average molecular weight is 173 g/mol. The van der Waals surface area contributed by atoms with Gasteiger partial charge in [-0.1, -0.05) is 26.7 Å². The number of aliphatic carboxylic acids is 1. The molecule has 0 spiro atoms. The van der Waals surface area contributed by atoms with Crippen molar-refractivity contribution in [3.63, 3.8) is 0 Å². The maximum absolute atomic E-state index is 10.3. The molecule has 0 fully saturated rings. The minimum Gasteiger partial charge on any atom is -0.481 e. The molecule has 0 heterocycles. The number of carboxylic acids is 1. The Balaban J connectivity index is 3.53. The van der Waals surface area contributed by atoms with Gasteiger partial charge in [-0.2, -0.15) is 0 Å². The van der Waals surface area contributed by atoms with E-state index in [9.17, 15) is 4.79 Å². The van der Waals surface area contributed by atoms with Crippen molar-refractivity contribution in [2.45, 2.75) is 45.6 Å². The molecule has 0 aliphatic carbocycles. The molecule has 0 aliphatic heterocycles. The van der Waals surface area contributed by atoms with Crippen LogP contribution in [0, 0.1) is 5.92 Å². The van der Waals surface area contributed by atoms with E-state index >= 15 is 0 Å². The summed E-state index contributed by atoms with van der Waals surface area (Å²) in [7, 11) is 0. The van der Waals surface area contributed by atoms with Gasteiger partial charge in [0, 0.05) is 6.04 Å². The monoisotopic (exact) mass is 173 g/mol. The molecule has 0 aliphatic rings. The Bertz CT molecular complexity index is 136. The lowest BCUT2D eigenvalue weighted by molar-refractivity contribution is -0.137. The molecule has 0 unspecified atom stereocenters. The molecule has 3 N–H and O–H groups in total. The van der Waals surface area contributed by atoms with Gasteiger partial charge in [-0.05, 0) is 12.3 Å². The van der Waals surface area contributed by atoms with Crippen molar-refractivity contribution in [1.82, 2.24) is 0 Å². The molecule has 2 atom stereocenters. The summed E-state index contributed by atoms with van der Waals surface area (Å²) in [6.07, 6.45) is 3.18. The number of hydrogen-bond acceptors (Lipinski definition) is 2. The molecule has 0 aromatic rings. The first-order chi connectivity index (χ1) is 5.56. The van der Waals surface area contributed by atoms with Crippen molar-refractivity contribution in [3.8, 4) is 0 Å². The lowest BCUT2D eigenvalue weighted by atomic mass is 9.96. The highest BCUT2D eigenvalue weighted by Gasteiger charge is 2.11. The summed E-state index contributed by atoms with van der Waals surface area (Å²) >= 11 is 0. The van der Waals surface area contributed by atoms with Crippen LogP contribution >= 0.6 is 0 Å². The van der Waals surface area contributed by atoms with Crippen LogP contribution in [0.2, 0.25) is 0 Å². The van der Waals surface area contributed by atoms with Gasteiger partial charge in [0.2, 0.25) is 0 Å². The highest BCUT2D eigenvalue weighted by Crippen LogP contribution is 2.12. The molecule has 12 heavy (non-hydrogen) atoms.